The van der Waals surface area contributed by atoms with Crippen LogP contribution in [0.4, 0.5) is 0 Å². The average molecular weight is 211 g/mol. The smallest absolute Gasteiger partial charge is 0.105 e. The third-order valence-corrected chi connectivity index (χ3v) is 2.61. The minimum atomic E-state index is -0.363. The Bertz CT molecular complexity index is 198. The molecule has 0 aliphatic carbocycles. The maximum atomic E-state index is 9.12. The van der Waals surface area contributed by atoms with Crippen LogP contribution in [-0.2, 0) is 0 Å². The van der Waals surface area contributed by atoms with Gasteiger partial charge in [-0.05, 0) is 46.3 Å². The van der Waals surface area contributed by atoms with Crippen LogP contribution in [-0.4, -0.2) is 37.1 Å². The molecule has 0 saturated heterocycles. The molecule has 0 radical (unpaired) electrons. The highest BCUT2D eigenvalue weighted by Gasteiger charge is 2.22. The van der Waals surface area contributed by atoms with Crippen LogP contribution in [0.25, 0.3) is 0 Å². The number of rotatable bonds is 8. The van der Waals surface area contributed by atoms with E-state index in [0.717, 1.165) is 32.5 Å². The Kier molecular flexibility index (Phi) is 7.37. The quantitative estimate of drug-likeness (QED) is 0.667. The number of hydrogen-bond donors (Lipinski definition) is 1. The van der Waals surface area contributed by atoms with Crippen molar-refractivity contribution in [2.75, 3.05) is 26.7 Å². The van der Waals surface area contributed by atoms with Crippen molar-refractivity contribution in [2.45, 2.75) is 45.6 Å². The Labute approximate surface area is 94.5 Å². The van der Waals surface area contributed by atoms with Gasteiger partial charge in [0.15, 0.2) is 0 Å². The summed E-state index contributed by atoms with van der Waals surface area (Å²) in [4.78, 5) is 2.28. The Hall–Kier alpha value is -0.590. The van der Waals surface area contributed by atoms with Crippen LogP contribution >= 0.6 is 0 Å². The second kappa shape index (κ2) is 7.67. The summed E-state index contributed by atoms with van der Waals surface area (Å²) in [5.74, 6) is 0. The molecule has 1 atom stereocenters. The van der Waals surface area contributed by atoms with E-state index in [0.29, 0.717) is 0 Å². The molecule has 0 aromatic carbocycles. The van der Waals surface area contributed by atoms with Gasteiger partial charge in [0, 0.05) is 6.54 Å². The summed E-state index contributed by atoms with van der Waals surface area (Å²) in [5, 5.41) is 12.4. The Morgan fingerprint density at radius 2 is 1.93 bits per heavy atom. The van der Waals surface area contributed by atoms with Gasteiger partial charge in [0.05, 0.1) is 6.07 Å². The van der Waals surface area contributed by atoms with E-state index < -0.39 is 0 Å². The molecule has 0 fully saturated rings. The minimum Gasteiger partial charge on any atom is -0.306 e. The van der Waals surface area contributed by atoms with E-state index in [2.05, 4.69) is 37.2 Å². The molecule has 0 aromatic heterocycles. The number of hydrogen-bond acceptors (Lipinski definition) is 3. The van der Waals surface area contributed by atoms with Crippen molar-refractivity contribution in [3.8, 4) is 6.07 Å². The van der Waals surface area contributed by atoms with Gasteiger partial charge < -0.3 is 4.90 Å². The number of nitrogens with zero attached hydrogens (tertiary/aromatic N) is 2. The van der Waals surface area contributed by atoms with Crippen LogP contribution < -0.4 is 5.32 Å². The average Bonchev–Trinajstić information content (AvgIpc) is 2.24. The number of nitriles is 1. The monoisotopic (exact) mass is 211 g/mol. The highest BCUT2D eigenvalue weighted by molar-refractivity contribution is 5.03. The largest absolute Gasteiger partial charge is 0.306 e. The highest BCUT2D eigenvalue weighted by atomic mass is 15.1. The van der Waals surface area contributed by atoms with Gasteiger partial charge in [0.1, 0.15) is 5.54 Å². The summed E-state index contributed by atoms with van der Waals surface area (Å²) in [6.07, 6.45) is 3.13. The molecular weight excluding hydrogens is 186 g/mol. The van der Waals surface area contributed by atoms with Crippen molar-refractivity contribution in [1.82, 2.24) is 10.2 Å². The van der Waals surface area contributed by atoms with E-state index in [1.54, 1.807) is 0 Å². The molecule has 0 aliphatic rings. The minimum absolute atomic E-state index is 0.363. The first kappa shape index (κ1) is 14.4. The molecule has 1 N–H and O–H groups in total. The van der Waals surface area contributed by atoms with Gasteiger partial charge in [0.25, 0.3) is 0 Å². The second-order valence-corrected chi connectivity index (χ2v) is 4.42. The summed E-state index contributed by atoms with van der Waals surface area (Å²) in [6.45, 7) is 9.29. The van der Waals surface area contributed by atoms with Crippen LogP contribution in [0, 0.1) is 11.3 Å². The van der Waals surface area contributed by atoms with Crippen molar-refractivity contribution < 1.29 is 0 Å². The summed E-state index contributed by atoms with van der Waals surface area (Å²) >= 11 is 0. The highest BCUT2D eigenvalue weighted by Crippen LogP contribution is 2.09. The van der Waals surface area contributed by atoms with E-state index in [1.807, 2.05) is 6.92 Å². The van der Waals surface area contributed by atoms with Crippen LogP contribution in [0.1, 0.15) is 40.0 Å². The normalized spacial score (nSPS) is 14.9. The third-order valence-electron chi connectivity index (χ3n) is 2.61. The number of nitrogens with one attached hydrogen (secondary N) is 1. The van der Waals surface area contributed by atoms with Crippen molar-refractivity contribution in [1.29, 1.82) is 5.26 Å². The fourth-order valence-corrected chi connectivity index (χ4v) is 1.49. The maximum absolute atomic E-state index is 9.12. The van der Waals surface area contributed by atoms with Gasteiger partial charge in [-0.3, -0.25) is 5.32 Å². The van der Waals surface area contributed by atoms with Crippen LogP contribution in [0.15, 0.2) is 0 Å². The molecule has 0 bridgehead atoms. The standard InChI is InChI=1S/C12H25N3/c1-5-8-14-12(3,11-13)7-10-15(4)9-6-2/h14H,5-10H2,1-4H3. The Morgan fingerprint density at radius 3 is 2.40 bits per heavy atom. The fourth-order valence-electron chi connectivity index (χ4n) is 1.49. The molecule has 0 spiro atoms. The van der Waals surface area contributed by atoms with Gasteiger partial charge >= 0.3 is 0 Å². The van der Waals surface area contributed by atoms with Crippen molar-refractivity contribution in [2.24, 2.45) is 0 Å². The molecule has 0 rings (SSSR count). The lowest BCUT2D eigenvalue weighted by Gasteiger charge is -2.26. The molecule has 0 amide bonds. The van der Waals surface area contributed by atoms with Crippen LogP contribution in [0.3, 0.4) is 0 Å². The van der Waals surface area contributed by atoms with E-state index in [4.69, 9.17) is 5.26 Å². The zero-order chi connectivity index (χ0) is 11.7. The molecular formula is C12H25N3. The molecule has 3 nitrogen and oxygen atoms in total. The molecule has 15 heavy (non-hydrogen) atoms. The topological polar surface area (TPSA) is 39.1 Å². The zero-order valence-electron chi connectivity index (χ0n) is 10.6. The molecule has 0 heterocycles. The van der Waals surface area contributed by atoms with E-state index in [1.165, 1.54) is 6.42 Å². The molecule has 88 valence electrons. The summed E-state index contributed by atoms with van der Waals surface area (Å²) in [5.41, 5.74) is -0.363. The molecule has 0 aromatic rings. The van der Waals surface area contributed by atoms with Gasteiger partial charge in [0.2, 0.25) is 0 Å². The molecule has 0 aliphatic heterocycles. The second-order valence-electron chi connectivity index (χ2n) is 4.42. The van der Waals surface area contributed by atoms with Gasteiger partial charge in [-0.25, -0.2) is 0 Å². The van der Waals surface area contributed by atoms with Crippen molar-refractivity contribution >= 4 is 0 Å². The lowest BCUT2D eigenvalue weighted by Crippen LogP contribution is -2.43. The van der Waals surface area contributed by atoms with E-state index in [-0.39, 0.29) is 5.54 Å². The van der Waals surface area contributed by atoms with Crippen molar-refractivity contribution in [3.63, 3.8) is 0 Å². The molecule has 0 saturated carbocycles. The predicted molar refractivity (Wildman–Crippen MR) is 64.7 cm³/mol. The lowest BCUT2D eigenvalue weighted by atomic mass is 9.99. The van der Waals surface area contributed by atoms with Crippen LogP contribution in [0.2, 0.25) is 0 Å². The lowest BCUT2D eigenvalue weighted by molar-refractivity contribution is 0.288. The van der Waals surface area contributed by atoms with Gasteiger partial charge in [-0.1, -0.05) is 13.8 Å². The van der Waals surface area contributed by atoms with Gasteiger partial charge in [-0.2, -0.15) is 5.26 Å². The first-order valence-electron chi connectivity index (χ1n) is 5.92. The SMILES string of the molecule is CCCNC(C)(C#N)CCN(C)CCC. The van der Waals surface area contributed by atoms with E-state index in [9.17, 15) is 0 Å². The maximum Gasteiger partial charge on any atom is 0.105 e. The first-order valence-corrected chi connectivity index (χ1v) is 5.92. The fraction of sp³-hybridized carbons (Fsp3) is 0.917. The molecule has 3 heteroatoms. The summed E-state index contributed by atoms with van der Waals surface area (Å²) in [6, 6.07) is 2.37. The van der Waals surface area contributed by atoms with E-state index >= 15 is 0 Å². The van der Waals surface area contributed by atoms with Gasteiger partial charge in [-0.15, -0.1) is 0 Å². The zero-order valence-corrected chi connectivity index (χ0v) is 10.6. The van der Waals surface area contributed by atoms with Crippen LogP contribution in [0.5, 0.6) is 0 Å². The third kappa shape index (κ3) is 6.48. The molecule has 1 unspecified atom stereocenters. The first-order chi connectivity index (χ1) is 7.08. The van der Waals surface area contributed by atoms with Crippen molar-refractivity contribution in [3.05, 3.63) is 0 Å². The summed E-state index contributed by atoms with van der Waals surface area (Å²) < 4.78 is 0. The summed E-state index contributed by atoms with van der Waals surface area (Å²) in [7, 11) is 2.11. The Morgan fingerprint density at radius 1 is 1.27 bits per heavy atom. The predicted octanol–water partition coefficient (Wildman–Crippen LogP) is 2.00. The Balaban J connectivity index is 3.93.